The van der Waals surface area contributed by atoms with Gasteiger partial charge < -0.3 is 21.3 Å². The van der Waals surface area contributed by atoms with Crippen molar-refractivity contribution in [2.24, 2.45) is 16.6 Å². The van der Waals surface area contributed by atoms with Crippen LogP contribution in [0.2, 0.25) is 0 Å². The Morgan fingerprint density at radius 2 is 1.97 bits per heavy atom. The van der Waals surface area contributed by atoms with Crippen LogP contribution in [0.3, 0.4) is 0 Å². The van der Waals surface area contributed by atoms with Crippen molar-refractivity contribution in [3.8, 4) is 0 Å². The fraction of sp³-hybridized carbons (Fsp3) is 0.500. The molecule has 3 rings (SSSR count). The first-order valence-electron chi connectivity index (χ1n) is 10.7. The zero-order valence-corrected chi connectivity index (χ0v) is 21.4. The molecule has 2 aromatic rings. The zero-order valence-electron chi connectivity index (χ0n) is 18.3. The maximum atomic E-state index is 11.4. The summed E-state index contributed by atoms with van der Waals surface area (Å²) in [6, 6.07) is 8.38. The number of aliphatic imine (C=N–C) groups is 1. The van der Waals surface area contributed by atoms with E-state index in [0.717, 1.165) is 62.8 Å². The summed E-state index contributed by atoms with van der Waals surface area (Å²) in [5.41, 5.74) is 6.55. The Morgan fingerprint density at radius 1 is 1.23 bits per heavy atom. The van der Waals surface area contributed by atoms with Crippen molar-refractivity contribution >= 4 is 53.0 Å². The van der Waals surface area contributed by atoms with Gasteiger partial charge in [-0.15, -0.1) is 35.3 Å². The minimum atomic E-state index is -0.196. The Kier molecular flexibility index (Phi) is 10.5. The molecule has 1 aliphatic rings. The van der Waals surface area contributed by atoms with Gasteiger partial charge in [-0.3, -0.25) is 4.79 Å². The van der Waals surface area contributed by atoms with E-state index in [2.05, 4.69) is 52.6 Å². The Bertz CT molecular complexity index is 863. The van der Waals surface area contributed by atoms with E-state index < -0.39 is 0 Å². The lowest BCUT2D eigenvalue weighted by atomic mass is 9.96. The molecule has 1 saturated heterocycles. The van der Waals surface area contributed by atoms with Crippen molar-refractivity contribution in [1.82, 2.24) is 15.6 Å². The molecule has 0 spiro atoms. The molecule has 170 valence electrons. The van der Waals surface area contributed by atoms with Gasteiger partial charge in [0.05, 0.1) is 13.1 Å². The first-order chi connectivity index (χ1) is 14.6. The number of carbonyl (C=O) groups excluding carboxylic acids is 1. The summed E-state index contributed by atoms with van der Waals surface area (Å²) >= 11 is 1.84. The molecule has 0 radical (unpaired) electrons. The average Bonchev–Trinajstić information content (AvgIpc) is 3.24. The van der Waals surface area contributed by atoms with Crippen LogP contribution >= 0.6 is 35.3 Å². The van der Waals surface area contributed by atoms with Crippen molar-refractivity contribution in [2.75, 3.05) is 24.5 Å². The van der Waals surface area contributed by atoms with Gasteiger partial charge in [0.15, 0.2) is 5.96 Å². The monoisotopic (exact) mass is 556 g/mol. The number of nitrogens with zero attached hydrogens (tertiary/aromatic N) is 3. The highest BCUT2D eigenvalue weighted by Gasteiger charge is 2.24. The van der Waals surface area contributed by atoms with Gasteiger partial charge in [-0.2, -0.15) is 0 Å². The van der Waals surface area contributed by atoms with Crippen molar-refractivity contribution in [1.29, 1.82) is 0 Å². The average molecular weight is 557 g/mol. The summed E-state index contributed by atoms with van der Waals surface area (Å²) in [5, 5.41) is 6.75. The number of nitrogens with one attached hydrogen (secondary N) is 2. The van der Waals surface area contributed by atoms with E-state index in [-0.39, 0.29) is 35.8 Å². The highest BCUT2D eigenvalue weighted by Crippen LogP contribution is 2.25. The number of hydrogen-bond acceptors (Lipinski definition) is 5. The molecular formula is C22H33IN6OS. The number of aryl methyl sites for hydroxylation is 1. The Labute approximate surface area is 205 Å². The van der Waals surface area contributed by atoms with Crippen LogP contribution in [0.5, 0.6) is 0 Å². The van der Waals surface area contributed by atoms with Crippen LogP contribution in [-0.2, 0) is 24.3 Å². The number of amides is 1. The lowest BCUT2D eigenvalue weighted by molar-refractivity contribution is -0.122. The van der Waals surface area contributed by atoms with Crippen LogP contribution in [0.15, 0.2) is 35.5 Å². The van der Waals surface area contributed by atoms with Crippen molar-refractivity contribution in [2.45, 2.75) is 46.2 Å². The molecule has 7 nitrogen and oxygen atoms in total. The fourth-order valence-corrected chi connectivity index (χ4v) is 4.50. The third kappa shape index (κ3) is 7.34. The van der Waals surface area contributed by atoms with E-state index in [1.165, 1.54) is 9.75 Å². The number of halogens is 1. The maximum Gasteiger partial charge on any atom is 0.220 e. The van der Waals surface area contributed by atoms with E-state index in [1.807, 2.05) is 23.6 Å². The molecule has 1 fully saturated rings. The second kappa shape index (κ2) is 12.8. The van der Waals surface area contributed by atoms with Crippen LogP contribution in [0.1, 0.15) is 42.0 Å². The van der Waals surface area contributed by atoms with E-state index in [0.29, 0.717) is 6.54 Å². The van der Waals surface area contributed by atoms with Gasteiger partial charge in [0, 0.05) is 47.1 Å². The van der Waals surface area contributed by atoms with Crippen LogP contribution in [-0.4, -0.2) is 36.5 Å². The van der Waals surface area contributed by atoms with E-state index in [4.69, 9.17) is 10.7 Å². The number of thiophene rings is 1. The standard InChI is InChI=1S/C22H32N6OS.HI/c1-3-18-7-8-19(30-18)15-27-22(24-4-2)26-14-17-6-5-11-25-21(17)28-12-9-16(10-13-28)20(23)29;/h5-8,11,16H,3-4,9-10,12-15H2,1-2H3,(H2,23,29)(H2,24,26,27);1H. The number of nitrogens with two attached hydrogens (primary N) is 1. The third-order valence-corrected chi connectivity index (χ3v) is 6.54. The van der Waals surface area contributed by atoms with Crippen LogP contribution in [0, 0.1) is 5.92 Å². The fourth-order valence-electron chi connectivity index (χ4n) is 3.60. The smallest absolute Gasteiger partial charge is 0.220 e. The lowest BCUT2D eigenvalue weighted by Crippen LogP contribution is -2.39. The molecule has 9 heteroatoms. The number of primary amides is 1. The predicted octanol–water partition coefficient (Wildman–Crippen LogP) is 3.28. The number of guanidine groups is 1. The summed E-state index contributed by atoms with van der Waals surface area (Å²) in [4.78, 5) is 25.8. The summed E-state index contributed by atoms with van der Waals surface area (Å²) in [6.45, 7) is 7.93. The molecule has 1 amide bonds. The SMILES string of the molecule is CCNC(=NCc1cccnc1N1CCC(C(N)=O)CC1)NCc1ccc(CC)s1.I. The summed E-state index contributed by atoms with van der Waals surface area (Å²) in [5.74, 6) is 1.53. The predicted molar refractivity (Wildman–Crippen MR) is 139 cm³/mol. The number of carbonyl (C=O) groups is 1. The number of piperidine rings is 1. The van der Waals surface area contributed by atoms with Gasteiger partial charge in [-0.25, -0.2) is 9.98 Å². The molecule has 0 aliphatic carbocycles. The summed E-state index contributed by atoms with van der Waals surface area (Å²) < 4.78 is 0. The van der Waals surface area contributed by atoms with E-state index in [9.17, 15) is 4.79 Å². The molecule has 0 saturated carbocycles. The maximum absolute atomic E-state index is 11.4. The molecule has 4 N–H and O–H groups in total. The number of aromatic nitrogens is 1. The highest BCUT2D eigenvalue weighted by molar-refractivity contribution is 14.0. The molecule has 1 aliphatic heterocycles. The molecule has 0 unspecified atom stereocenters. The van der Waals surface area contributed by atoms with Crippen LogP contribution in [0.4, 0.5) is 5.82 Å². The molecule has 3 heterocycles. The van der Waals surface area contributed by atoms with Gasteiger partial charge in [-0.1, -0.05) is 13.0 Å². The molecule has 0 atom stereocenters. The van der Waals surface area contributed by atoms with Gasteiger partial charge in [0.1, 0.15) is 5.82 Å². The topological polar surface area (TPSA) is 95.6 Å². The van der Waals surface area contributed by atoms with E-state index in [1.54, 1.807) is 0 Å². The summed E-state index contributed by atoms with van der Waals surface area (Å²) in [6.07, 6.45) is 4.44. The third-order valence-electron chi connectivity index (χ3n) is 5.31. The molecular weight excluding hydrogens is 523 g/mol. The van der Waals surface area contributed by atoms with E-state index >= 15 is 0 Å². The quantitative estimate of drug-likeness (QED) is 0.264. The van der Waals surface area contributed by atoms with Crippen molar-refractivity contribution in [3.63, 3.8) is 0 Å². The number of hydrogen-bond donors (Lipinski definition) is 3. The Balaban J connectivity index is 0.00000341. The van der Waals surface area contributed by atoms with Crippen molar-refractivity contribution < 1.29 is 4.79 Å². The highest BCUT2D eigenvalue weighted by atomic mass is 127. The van der Waals surface area contributed by atoms with Gasteiger partial charge in [0.2, 0.25) is 5.91 Å². The number of anilines is 1. The van der Waals surface area contributed by atoms with Gasteiger partial charge in [0.25, 0.3) is 0 Å². The van der Waals surface area contributed by atoms with Crippen LogP contribution in [0.25, 0.3) is 0 Å². The largest absolute Gasteiger partial charge is 0.369 e. The second-order valence-electron chi connectivity index (χ2n) is 7.42. The Hall–Kier alpha value is -1.88. The first kappa shape index (κ1) is 25.4. The number of rotatable bonds is 8. The lowest BCUT2D eigenvalue weighted by Gasteiger charge is -2.32. The minimum Gasteiger partial charge on any atom is -0.369 e. The van der Waals surface area contributed by atoms with Crippen LogP contribution < -0.4 is 21.3 Å². The first-order valence-corrected chi connectivity index (χ1v) is 11.5. The Morgan fingerprint density at radius 3 is 2.61 bits per heavy atom. The van der Waals surface area contributed by atoms with Crippen molar-refractivity contribution in [3.05, 3.63) is 45.8 Å². The minimum absolute atomic E-state index is 0. The van der Waals surface area contributed by atoms with Gasteiger partial charge >= 0.3 is 0 Å². The normalized spacial score (nSPS) is 14.8. The molecule has 31 heavy (non-hydrogen) atoms. The molecule has 0 aromatic carbocycles. The summed E-state index contributed by atoms with van der Waals surface area (Å²) in [7, 11) is 0. The zero-order chi connectivity index (χ0) is 21.3. The second-order valence-corrected chi connectivity index (χ2v) is 8.67. The molecule has 0 bridgehead atoms. The number of pyridine rings is 1. The molecule has 2 aromatic heterocycles. The van der Waals surface area contributed by atoms with Gasteiger partial charge in [-0.05, 0) is 44.4 Å².